The highest BCUT2D eigenvalue weighted by molar-refractivity contribution is 5.52. The summed E-state index contributed by atoms with van der Waals surface area (Å²) in [7, 11) is 1.55. The SMILES string of the molecule is COc1ncc(-c2nccn2[C@@H](C)CCn2cccn2)cn1. The summed E-state index contributed by atoms with van der Waals surface area (Å²) in [6.07, 6.45) is 12.0. The van der Waals surface area contributed by atoms with Crippen molar-refractivity contribution >= 4 is 0 Å². The number of nitrogens with zero attached hydrogens (tertiary/aromatic N) is 6. The summed E-state index contributed by atoms with van der Waals surface area (Å²) < 4.78 is 9.05. The lowest BCUT2D eigenvalue weighted by atomic mass is 10.2. The third-order valence-corrected chi connectivity index (χ3v) is 3.55. The number of hydrogen-bond donors (Lipinski definition) is 0. The van der Waals surface area contributed by atoms with Crippen LogP contribution in [0.2, 0.25) is 0 Å². The van der Waals surface area contributed by atoms with E-state index in [1.165, 1.54) is 0 Å². The van der Waals surface area contributed by atoms with Crippen molar-refractivity contribution in [1.82, 2.24) is 29.3 Å². The molecule has 0 spiro atoms. The van der Waals surface area contributed by atoms with Gasteiger partial charge in [0.1, 0.15) is 5.82 Å². The highest BCUT2D eigenvalue weighted by Crippen LogP contribution is 2.22. The quantitative estimate of drug-likeness (QED) is 0.697. The number of aryl methyl sites for hydroxylation is 1. The van der Waals surface area contributed by atoms with Crippen molar-refractivity contribution < 1.29 is 4.74 Å². The number of aromatic nitrogens is 6. The van der Waals surface area contributed by atoms with E-state index in [2.05, 4.69) is 31.5 Å². The number of imidazole rings is 1. The van der Waals surface area contributed by atoms with Gasteiger partial charge in [-0.05, 0) is 19.4 Å². The van der Waals surface area contributed by atoms with E-state index in [9.17, 15) is 0 Å². The second-order valence-corrected chi connectivity index (χ2v) is 5.02. The molecule has 0 aliphatic heterocycles. The maximum absolute atomic E-state index is 4.98. The fourth-order valence-corrected chi connectivity index (χ4v) is 2.32. The van der Waals surface area contributed by atoms with Crippen molar-refractivity contribution in [1.29, 1.82) is 0 Å². The maximum atomic E-state index is 4.98. The summed E-state index contributed by atoms with van der Waals surface area (Å²) in [5, 5.41) is 4.23. The highest BCUT2D eigenvalue weighted by Gasteiger charge is 2.13. The molecular formula is C15H18N6O. The average molecular weight is 298 g/mol. The zero-order valence-corrected chi connectivity index (χ0v) is 12.6. The van der Waals surface area contributed by atoms with Crippen LogP contribution in [-0.4, -0.2) is 36.4 Å². The van der Waals surface area contributed by atoms with E-state index in [0.29, 0.717) is 12.1 Å². The molecule has 7 heteroatoms. The van der Waals surface area contributed by atoms with Gasteiger partial charge in [0.25, 0.3) is 0 Å². The van der Waals surface area contributed by atoms with E-state index < -0.39 is 0 Å². The molecule has 7 nitrogen and oxygen atoms in total. The van der Waals surface area contributed by atoms with E-state index in [1.807, 2.05) is 23.1 Å². The Balaban J connectivity index is 1.75. The van der Waals surface area contributed by atoms with Crippen LogP contribution in [0.5, 0.6) is 6.01 Å². The molecule has 0 radical (unpaired) electrons. The van der Waals surface area contributed by atoms with Crippen molar-refractivity contribution in [3.05, 3.63) is 43.2 Å². The fraction of sp³-hybridized carbons (Fsp3) is 0.333. The standard InChI is InChI=1S/C15H18N6O/c1-12(4-8-20-7-3-5-19-20)21-9-6-16-14(21)13-10-17-15(22-2)18-11-13/h3,5-7,9-12H,4,8H2,1-2H3/t12-/m0/s1. The zero-order valence-electron chi connectivity index (χ0n) is 12.6. The van der Waals surface area contributed by atoms with Gasteiger partial charge in [0, 0.05) is 49.8 Å². The smallest absolute Gasteiger partial charge is 0.316 e. The van der Waals surface area contributed by atoms with Crippen LogP contribution in [0.25, 0.3) is 11.4 Å². The number of rotatable bonds is 6. The Hall–Kier alpha value is -2.70. The van der Waals surface area contributed by atoms with Gasteiger partial charge in [-0.2, -0.15) is 5.10 Å². The molecule has 0 N–H and O–H groups in total. The Bertz CT molecular complexity index is 704. The summed E-state index contributed by atoms with van der Waals surface area (Å²) in [5.74, 6) is 0.857. The van der Waals surface area contributed by atoms with Gasteiger partial charge in [0.2, 0.25) is 0 Å². The summed E-state index contributed by atoms with van der Waals surface area (Å²) >= 11 is 0. The molecule has 0 saturated carbocycles. The topological polar surface area (TPSA) is 70.7 Å². The first-order valence-electron chi connectivity index (χ1n) is 7.14. The number of methoxy groups -OCH3 is 1. The molecule has 0 aromatic carbocycles. The molecule has 114 valence electrons. The molecule has 0 fully saturated rings. The molecule has 3 heterocycles. The van der Waals surface area contributed by atoms with Crippen LogP contribution in [0.3, 0.4) is 0 Å². The van der Waals surface area contributed by atoms with E-state index in [-0.39, 0.29) is 0 Å². The van der Waals surface area contributed by atoms with Crippen molar-refractivity contribution in [2.45, 2.75) is 25.9 Å². The first-order chi connectivity index (χ1) is 10.8. The minimum absolute atomic E-state index is 0.295. The van der Waals surface area contributed by atoms with Crippen LogP contribution in [-0.2, 0) is 6.54 Å². The molecule has 0 bridgehead atoms. The predicted molar refractivity (Wildman–Crippen MR) is 81.4 cm³/mol. The third kappa shape index (κ3) is 2.98. The summed E-state index contributed by atoms with van der Waals surface area (Å²) in [6.45, 7) is 3.03. The zero-order chi connectivity index (χ0) is 15.4. The Morgan fingerprint density at radius 1 is 1.14 bits per heavy atom. The van der Waals surface area contributed by atoms with Crippen LogP contribution in [0.4, 0.5) is 0 Å². The molecule has 0 unspecified atom stereocenters. The lowest BCUT2D eigenvalue weighted by molar-refractivity contribution is 0.380. The maximum Gasteiger partial charge on any atom is 0.316 e. The molecule has 1 atom stereocenters. The van der Waals surface area contributed by atoms with Crippen molar-refractivity contribution in [3.63, 3.8) is 0 Å². The molecule has 3 rings (SSSR count). The first-order valence-corrected chi connectivity index (χ1v) is 7.14. The summed E-state index contributed by atoms with van der Waals surface area (Å²) in [5.41, 5.74) is 0.872. The van der Waals surface area contributed by atoms with Gasteiger partial charge in [-0.1, -0.05) is 0 Å². The van der Waals surface area contributed by atoms with Crippen molar-refractivity contribution in [2.75, 3.05) is 7.11 Å². The number of hydrogen-bond acceptors (Lipinski definition) is 5. The van der Waals surface area contributed by atoms with E-state index in [0.717, 1.165) is 24.4 Å². The summed E-state index contributed by atoms with van der Waals surface area (Å²) in [4.78, 5) is 12.7. The molecule has 3 aromatic heterocycles. The molecule has 3 aromatic rings. The monoisotopic (exact) mass is 298 g/mol. The Morgan fingerprint density at radius 3 is 2.64 bits per heavy atom. The molecule has 0 aliphatic rings. The largest absolute Gasteiger partial charge is 0.467 e. The van der Waals surface area contributed by atoms with Gasteiger partial charge in [0.05, 0.1) is 12.7 Å². The molecule has 22 heavy (non-hydrogen) atoms. The number of ether oxygens (including phenoxy) is 1. The van der Waals surface area contributed by atoms with Crippen LogP contribution >= 0.6 is 0 Å². The van der Waals surface area contributed by atoms with Gasteiger partial charge < -0.3 is 9.30 Å². The van der Waals surface area contributed by atoms with Gasteiger partial charge >= 0.3 is 6.01 Å². The van der Waals surface area contributed by atoms with Gasteiger partial charge in [-0.15, -0.1) is 0 Å². The van der Waals surface area contributed by atoms with E-state index in [1.54, 1.807) is 31.9 Å². The minimum atomic E-state index is 0.295. The normalized spacial score (nSPS) is 12.3. The minimum Gasteiger partial charge on any atom is -0.467 e. The van der Waals surface area contributed by atoms with Crippen LogP contribution in [0, 0.1) is 0 Å². The molecule has 0 amide bonds. The second-order valence-electron chi connectivity index (χ2n) is 5.02. The van der Waals surface area contributed by atoms with Crippen LogP contribution < -0.4 is 4.74 Å². The van der Waals surface area contributed by atoms with Crippen LogP contribution in [0.1, 0.15) is 19.4 Å². The average Bonchev–Trinajstić information content (AvgIpc) is 3.24. The van der Waals surface area contributed by atoms with Crippen molar-refractivity contribution in [2.24, 2.45) is 0 Å². The first kappa shape index (κ1) is 14.2. The van der Waals surface area contributed by atoms with E-state index in [4.69, 9.17) is 4.74 Å². The predicted octanol–water partition coefficient (Wildman–Crippen LogP) is 2.20. The third-order valence-electron chi connectivity index (χ3n) is 3.55. The molecule has 0 aliphatic carbocycles. The van der Waals surface area contributed by atoms with Gasteiger partial charge in [0.15, 0.2) is 0 Å². The Kier molecular flexibility index (Phi) is 4.13. The second kappa shape index (κ2) is 6.38. The lowest BCUT2D eigenvalue weighted by Crippen LogP contribution is -2.10. The van der Waals surface area contributed by atoms with E-state index >= 15 is 0 Å². The Labute approximate surface area is 128 Å². The van der Waals surface area contributed by atoms with Gasteiger partial charge in [-0.25, -0.2) is 15.0 Å². The summed E-state index contributed by atoms with van der Waals surface area (Å²) in [6, 6.07) is 2.58. The van der Waals surface area contributed by atoms with Crippen molar-refractivity contribution in [3.8, 4) is 17.4 Å². The van der Waals surface area contributed by atoms with Gasteiger partial charge in [-0.3, -0.25) is 4.68 Å². The molecule has 0 saturated heterocycles. The fourth-order valence-electron chi connectivity index (χ4n) is 2.32. The molecular weight excluding hydrogens is 280 g/mol. The van der Waals surface area contributed by atoms with Crippen LogP contribution in [0.15, 0.2) is 43.2 Å². The Morgan fingerprint density at radius 2 is 1.95 bits per heavy atom. The lowest BCUT2D eigenvalue weighted by Gasteiger charge is -2.16. The highest BCUT2D eigenvalue weighted by atomic mass is 16.5.